The second kappa shape index (κ2) is 9.39. The summed E-state index contributed by atoms with van der Waals surface area (Å²) in [5.41, 5.74) is 7.66. The maximum Gasteiger partial charge on any atom is 0.344 e. The van der Waals surface area contributed by atoms with E-state index in [1.54, 1.807) is 0 Å². The van der Waals surface area contributed by atoms with Crippen molar-refractivity contribution < 1.29 is 23.9 Å². The van der Waals surface area contributed by atoms with Crippen LogP contribution in [0.1, 0.15) is 50.2 Å². The first-order valence-corrected chi connectivity index (χ1v) is 9.27. The van der Waals surface area contributed by atoms with E-state index in [1.165, 1.54) is 10.5 Å². The SMILES string of the molecule is Cc1cc(OCC(=O)OCC(=O)N2CCCC[C@@H]2C(N)=O)ccc1C(C)C. The van der Waals surface area contributed by atoms with Gasteiger partial charge < -0.3 is 20.1 Å². The Morgan fingerprint density at radius 2 is 1.96 bits per heavy atom. The summed E-state index contributed by atoms with van der Waals surface area (Å²) in [4.78, 5) is 37.0. The van der Waals surface area contributed by atoms with Crippen LogP contribution < -0.4 is 10.5 Å². The fraction of sp³-hybridized carbons (Fsp3) is 0.550. The van der Waals surface area contributed by atoms with Gasteiger partial charge in [-0.05, 0) is 55.4 Å². The molecule has 0 aromatic heterocycles. The van der Waals surface area contributed by atoms with Gasteiger partial charge in [-0.1, -0.05) is 19.9 Å². The number of ether oxygens (including phenoxy) is 2. The van der Waals surface area contributed by atoms with Gasteiger partial charge in [0.25, 0.3) is 5.91 Å². The average molecular weight is 376 g/mol. The molecule has 0 unspecified atom stereocenters. The molecule has 0 spiro atoms. The van der Waals surface area contributed by atoms with Gasteiger partial charge in [0.1, 0.15) is 11.8 Å². The molecule has 148 valence electrons. The molecule has 1 saturated heterocycles. The van der Waals surface area contributed by atoms with Crippen molar-refractivity contribution in [3.63, 3.8) is 0 Å². The Bertz CT molecular complexity index is 702. The Hall–Kier alpha value is -2.57. The van der Waals surface area contributed by atoms with Crippen molar-refractivity contribution >= 4 is 17.8 Å². The monoisotopic (exact) mass is 376 g/mol. The molecule has 0 bridgehead atoms. The minimum Gasteiger partial charge on any atom is -0.482 e. The minimum absolute atomic E-state index is 0.285. The van der Waals surface area contributed by atoms with Gasteiger partial charge in [-0.3, -0.25) is 9.59 Å². The van der Waals surface area contributed by atoms with Gasteiger partial charge >= 0.3 is 5.97 Å². The molecular weight excluding hydrogens is 348 g/mol. The number of piperidine rings is 1. The van der Waals surface area contributed by atoms with E-state index in [4.69, 9.17) is 15.2 Å². The molecule has 1 aliphatic heterocycles. The molecule has 1 heterocycles. The van der Waals surface area contributed by atoms with Crippen LogP contribution in [-0.4, -0.2) is 48.5 Å². The topological polar surface area (TPSA) is 98.9 Å². The summed E-state index contributed by atoms with van der Waals surface area (Å²) in [6.07, 6.45) is 2.20. The van der Waals surface area contributed by atoms with E-state index in [9.17, 15) is 14.4 Å². The van der Waals surface area contributed by atoms with Gasteiger partial charge in [-0.2, -0.15) is 0 Å². The van der Waals surface area contributed by atoms with Crippen molar-refractivity contribution in [1.29, 1.82) is 0 Å². The Morgan fingerprint density at radius 3 is 2.59 bits per heavy atom. The highest BCUT2D eigenvalue weighted by Gasteiger charge is 2.30. The van der Waals surface area contributed by atoms with Crippen molar-refractivity contribution in [1.82, 2.24) is 4.90 Å². The number of esters is 1. The summed E-state index contributed by atoms with van der Waals surface area (Å²) in [5.74, 6) is -0.595. The van der Waals surface area contributed by atoms with Crippen molar-refractivity contribution in [3.05, 3.63) is 29.3 Å². The van der Waals surface area contributed by atoms with E-state index < -0.39 is 30.4 Å². The Balaban J connectivity index is 1.81. The molecule has 1 fully saturated rings. The molecule has 7 nitrogen and oxygen atoms in total. The van der Waals surface area contributed by atoms with Crippen molar-refractivity contribution in [2.45, 2.75) is 52.0 Å². The molecule has 2 N–H and O–H groups in total. The van der Waals surface area contributed by atoms with E-state index in [0.29, 0.717) is 24.6 Å². The quantitative estimate of drug-likeness (QED) is 0.733. The summed E-state index contributed by atoms with van der Waals surface area (Å²) in [6, 6.07) is 5.04. The lowest BCUT2D eigenvalue weighted by Crippen LogP contribution is -2.51. The second-order valence-corrected chi connectivity index (χ2v) is 7.12. The number of amides is 2. The highest BCUT2D eigenvalue weighted by molar-refractivity contribution is 5.88. The average Bonchev–Trinajstić information content (AvgIpc) is 2.64. The van der Waals surface area contributed by atoms with Gasteiger partial charge in [-0.25, -0.2) is 4.79 Å². The van der Waals surface area contributed by atoms with Crippen LogP contribution in [0.5, 0.6) is 5.75 Å². The van der Waals surface area contributed by atoms with Crippen LogP contribution in [0, 0.1) is 6.92 Å². The lowest BCUT2D eigenvalue weighted by molar-refractivity contribution is -0.156. The van der Waals surface area contributed by atoms with Crippen molar-refractivity contribution in [3.8, 4) is 5.75 Å². The summed E-state index contributed by atoms with van der Waals surface area (Å²) >= 11 is 0. The number of likely N-dealkylation sites (tertiary alicyclic amines) is 1. The summed E-state index contributed by atoms with van der Waals surface area (Å²) in [6.45, 7) is 5.96. The maximum absolute atomic E-state index is 12.2. The van der Waals surface area contributed by atoms with Crippen LogP contribution in [0.25, 0.3) is 0 Å². The molecule has 2 amide bonds. The fourth-order valence-corrected chi connectivity index (χ4v) is 3.32. The molecule has 1 aromatic carbocycles. The van der Waals surface area contributed by atoms with Crippen LogP contribution >= 0.6 is 0 Å². The molecule has 0 radical (unpaired) electrons. The number of benzene rings is 1. The molecule has 2 rings (SSSR count). The van der Waals surface area contributed by atoms with E-state index in [2.05, 4.69) is 13.8 Å². The van der Waals surface area contributed by atoms with Crippen LogP contribution in [-0.2, 0) is 19.1 Å². The zero-order valence-corrected chi connectivity index (χ0v) is 16.2. The number of carbonyl (C=O) groups is 3. The van der Waals surface area contributed by atoms with E-state index in [-0.39, 0.29) is 6.61 Å². The molecule has 0 saturated carbocycles. The number of rotatable bonds is 7. The van der Waals surface area contributed by atoms with Crippen molar-refractivity contribution in [2.75, 3.05) is 19.8 Å². The highest BCUT2D eigenvalue weighted by Crippen LogP contribution is 2.23. The first-order valence-electron chi connectivity index (χ1n) is 9.27. The predicted molar refractivity (Wildman–Crippen MR) is 100 cm³/mol. The third-order valence-electron chi connectivity index (χ3n) is 4.73. The third-order valence-corrected chi connectivity index (χ3v) is 4.73. The van der Waals surface area contributed by atoms with Crippen molar-refractivity contribution in [2.24, 2.45) is 5.73 Å². The number of nitrogens with zero attached hydrogens (tertiary/aromatic N) is 1. The zero-order chi connectivity index (χ0) is 20.0. The third kappa shape index (κ3) is 5.70. The molecule has 1 atom stereocenters. The van der Waals surface area contributed by atoms with E-state index in [1.807, 2.05) is 25.1 Å². The molecule has 7 heteroatoms. The van der Waals surface area contributed by atoms with Crippen LogP contribution in [0.2, 0.25) is 0 Å². The second-order valence-electron chi connectivity index (χ2n) is 7.12. The van der Waals surface area contributed by atoms with Gasteiger partial charge in [0.2, 0.25) is 5.91 Å². The van der Waals surface area contributed by atoms with Gasteiger partial charge in [0, 0.05) is 6.54 Å². The largest absolute Gasteiger partial charge is 0.482 e. The standard InChI is InChI=1S/C20H28N2O5/c1-13(2)16-8-7-15(10-14(16)3)26-12-19(24)27-11-18(23)22-9-5-4-6-17(22)20(21)25/h7-8,10,13,17H,4-6,9,11-12H2,1-3H3,(H2,21,25)/t17-/m1/s1. The number of aryl methyl sites for hydroxylation is 1. The number of nitrogens with two attached hydrogens (primary N) is 1. The van der Waals surface area contributed by atoms with E-state index >= 15 is 0 Å². The van der Waals surface area contributed by atoms with Crippen LogP contribution in [0.3, 0.4) is 0 Å². The highest BCUT2D eigenvalue weighted by atomic mass is 16.6. The smallest absolute Gasteiger partial charge is 0.344 e. The Morgan fingerprint density at radius 1 is 1.22 bits per heavy atom. The zero-order valence-electron chi connectivity index (χ0n) is 16.2. The first-order chi connectivity index (χ1) is 12.8. The number of primary amides is 1. The van der Waals surface area contributed by atoms with Gasteiger partial charge in [0.05, 0.1) is 0 Å². The number of carbonyl (C=O) groups excluding carboxylic acids is 3. The van der Waals surface area contributed by atoms with Gasteiger partial charge in [-0.15, -0.1) is 0 Å². The summed E-state index contributed by atoms with van der Waals surface area (Å²) < 4.78 is 10.4. The maximum atomic E-state index is 12.2. The molecular formula is C20H28N2O5. The Kier molecular flexibility index (Phi) is 7.21. The number of hydrogen-bond donors (Lipinski definition) is 1. The molecule has 27 heavy (non-hydrogen) atoms. The fourth-order valence-electron chi connectivity index (χ4n) is 3.32. The first kappa shape index (κ1) is 20.7. The van der Waals surface area contributed by atoms with Crippen LogP contribution in [0.4, 0.5) is 0 Å². The van der Waals surface area contributed by atoms with Crippen LogP contribution in [0.15, 0.2) is 18.2 Å². The van der Waals surface area contributed by atoms with Gasteiger partial charge in [0.15, 0.2) is 13.2 Å². The minimum atomic E-state index is -0.637. The molecule has 1 aliphatic rings. The normalized spacial score (nSPS) is 16.9. The lowest BCUT2D eigenvalue weighted by atomic mass is 9.98. The summed E-state index contributed by atoms with van der Waals surface area (Å²) in [7, 11) is 0. The lowest BCUT2D eigenvalue weighted by Gasteiger charge is -2.33. The number of hydrogen-bond acceptors (Lipinski definition) is 5. The molecule has 0 aliphatic carbocycles. The van der Waals surface area contributed by atoms with E-state index in [0.717, 1.165) is 18.4 Å². The predicted octanol–water partition coefficient (Wildman–Crippen LogP) is 1.91. The summed E-state index contributed by atoms with van der Waals surface area (Å²) in [5, 5.41) is 0. The Labute approximate surface area is 159 Å². The molecule has 1 aromatic rings.